The van der Waals surface area contributed by atoms with Crippen molar-refractivity contribution in [1.82, 2.24) is 5.32 Å². The first kappa shape index (κ1) is 15.6. The molecule has 1 aromatic rings. The van der Waals surface area contributed by atoms with Crippen molar-refractivity contribution in [2.45, 2.75) is 65.3 Å². The van der Waals surface area contributed by atoms with Crippen molar-refractivity contribution in [1.29, 1.82) is 0 Å². The van der Waals surface area contributed by atoms with Gasteiger partial charge in [0.1, 0.15) is 0 Å². The summed E-state index contributed by atoms with van der Waals surface area (Å²) in [5.41, 5.74) is 2.85. The second-order valence-corrected chi connectivity index (χ2v) is 6.60. The molecule has 112 valence electrons. The summed E-state index contributed by atoms with van der Waals surface area (Å²) >= 11 is 0. The normalized spacial score (nSPS) is 23.9. The summed E-state index contributed by atoms with van der Waals surface area (Å²) in [5.74, 6) is 1.86. The topological polar surface area (TPSA) is 12.0 Å². The molecular weight excluding hydrogens is 242 g/mol. The number of hydrogen-bond acceptors (Lipinski definition) is 1. The van der Waals surface area contributed by atoms with Gasteiger partial charge in [0, 0.05) is 6.04 Å². The summed E-state index contributed by atoms with van der Waals surface area (Å²) in [6, 6.07) is 9.78. The van der Waals surface area contributed by atoms with Crippen LogP contribution in [0.4, 0.5) is 0 Å². The smallest absolute Gasteiger partial charge is 0.0136 e. The highest BCUT2D eigenvalue weighted by Crippen LogP contribution is 2.35. The highest BCUT2D eigenvalue weighted by molar-refractivity contribution is 5.22. The molecule has 1 fully saturated rings. The van der Waals surface area contributed by atoms with E-state index in [0.29, 0.717) is 6.04 Å². The lowest BCUT2D eigenvalue weighted by Gasteiger charge is -2.25. The van der Waals surface area contributed by atoms with E-state index in [1.54, 1.807) is 0 Å². The van der Waals surface area contributed by atoms with Crippen molar-refractivity contribution >= 4 is 0 Å². The van der Waals surface area contributed by atoms with Gasteiger partial charge in [0.05, 0.1) is 0 Å². The van der Waals surface area contributed by atoms with Crippen LogP contribution in [-0.4, -0.2) is 12.6 Å². The lowest BCUT2D eigenvalue weighted by molar-refractivity contribution is 0.344. The molecule has 1 aliphatic carbocycles. The molecule has 0 bridgehead atoms. The van der Waals surface area contributed by atoms with Crippen LogP contribution in [0.3, 0.4) is 0 Å². The Balaban J connectivity index is 1.98. The van der Waals surface area contributed by atoms with E-state index in [2.05, 4.69) is 50.4 Å². The zero-order valence-corrected chi connectivity index (χ0v) is 13.5. The molecule has 1 saturated carbocycles. The lowest BCUT2D eigenvalue weighted by Crippen LogP contribution is -2.37. The van der Waals surface area contributed by atoms with Crippen LogP contribution >= 0.6 is 0 Å². The third-order valence-electron chi connectivity index (χ3n) is 4.96. The van der Waals surface area contributed by atoms with Crippen molar-refractivity contribution in [2.75, 3.05) is 6.54 Å². The first-order valence-corrected chi connectivity index (χ1v) is 8.51. The molecule has 3 atom stereocenters. The Bertz CT molecular complexity index is 381. The van der Waals surface area contributed by atoms with Gasteiger partial charge in [0.2, 0.25) is 0 Å². The standard InChI is InChI=1S/C19H31N/c1-4-12-20-19(18-11-10-16(5-2)13-18)14-17-8-6-15(3)7-9-17/h6-9,16,18-20H,4-5,10-14H2,1-3H3. The molecule has 0 aromatic heterocycles. The van der Waals surface area contributed by atoms with Gasteiger partial charge in [-0.1, -0.05) is 56.5 Å². The molecule has 1 N–H and O–H groups in total. The van der Waals surface area contributed by atoms with Crippen LogP contribution in [0.5, 0.6) is 0 Å². The highest BCUT2D eigenvalue weighted by atomic mass is 14.9. The Hall–Kier alpha value is -0.820. The third-order valence-corrected chi connectivity index (χ3v) is 4.96. The van der Waals surface area contributed by atoms with Crippen LogP contribution < -0.4 is 5.32 Å². The number of hydrogen-bond donors (Lipinski definition) is 1. The lowest BCUT2D eigenvalue weighted by atomic mass is 9.90. The molecular formula is C19H31N. The van der Waals surface area contributed by atoms with Crippen LogP contribution in [0.2, 0.25) is 0 Å². The molecule has 1 aliphatic rings. The molecule has 0 saturated heterocycles. The fourth-order valence-electron chi connectivity index (χ4n) is 3.56. The van der Waals surface area contributed by atoms with Gasteiger partial charge >= 0.3 is 0 Å². The Labute approximate surface area is 125 Å². The minimum Gasteiger partial charge on any atom is -0.313 e. The maximum Gasteiger partial charge on any atom is 0.0136 e. The third kappa shape index (κ3) is 4.34. The molecule has 3 unspecified atom stereocenters. The van der Waals surface area contributed by atoms with Gasteiger partial charge in [-0.3, -0.25) is 0 Å². The fraction of sp³-hybridized carbons (Fsp3) is 0.684. The Kier molecular flexibility index (Phi) is 6.09. The summed E-state index contributed by atoms with van der Waals surface area (Å²) < 4.78 is 0. The first-order chi connectivity index (χ1) is 9.72. The maximum absolute atomic E-state index is 3.82. The number of nitrogens with one attached hydrogen (secondary N) is 1. The van der Waals surface area contributed by atoms with Gasteiger partial charge in [-0.05, 0) is 56.6 Å². The van der Waals surface area contributed by atoms with Gasteiger partial charge < -0.3 is 5.32 Å². The Morgan fingerprint density at radius 3 is 2.50 bits per heavy atom. The summed E-state index contributed by atoms with van der Waals surface area (Å²) in [6.07, 6.45) is 8.09. The van der Waals surface area contributed by atoms with Crippen LogP contribution in [0.15, 0.2) is 24.3 Å². The zero-order chi connectivity index (χ0) is 14.4. The molecule has 1 aromatic carbocycles. The van der Waals surface area contributed by atoms with Gasteiger partial charge in [0.25, 0.3) is 0 Å². The molecule has 0 heterocycles. The summed E-state index contributed by atoms with van der Waals surface area (Å²) in [7, 11) is 0. The molecule has 20 heavy (non-hydrogen) atoms. The first-order valence-electron chi connectivity index (χ1n) is 8.51. The number of rotatable bonds is 7. The van der Waals surface area contributed by atoms with E-state index in [4.69, 9.17) is 0 Å². The van der Waals surface area contributed by atoms with Gasteiger partial charge in [-0.15, -0.1) is 0 Å². The monoisotopic (exact) mass is 273 g/mol. The van der Waals surface area contributed by atoms with Crippen molar-refractivity contribution in [3.05, 3.63) is 35.4 Å². The molecule has 1 nitrogen and oxygen atoms in total. The van der Waals surface area contributed by atoms with Crippen LogP contribution in [0.25, 0.3) is 0 Å². The fourth-order valence-corrected chi connectivity index (χ4v) is 3.56. The minimum absolute atomic E-state index is 0.675. The predicted molar refractivity (Wildman–Crippen MR) is 88.1 cm³/mol. The van der Waals surface area contributed by atoms with Crippen molar-refractivity contribution in [2.24, 2.45) is 11.8 Å². The zero-order valence-electron chi connectivity index (χ0n) is 13.5. The molecule has 0 spiro atoms. The van der Waals surface area contributed by atoms with Crippen molar-refractivity contribution in [3.63, 3.8) is 0 Å². The molecule has 2 rings (SSSR count). The van der Waals surface area contributed by atoms with Crippen LogP contribution in [0, 0.1) is 18.8 Å². The van der Waals surface area contributed by atoms with E-state index in [0.717, 1.165) is 18.4 Å². The molecule has 0 aliphatic heterocycles. The Morgan fingerprint density at radius 1 is 1.15 bits per heavy atom. The summed E-state index contributed by atoms with van der Waals surface area (Å²) in [6.45, 7) is 7.93. The SMILES string of the molecule is CCCNC(Cc1ccc(C)cc1)C1CCC(CC)C1. The van der Waals surface area contributed by atoms with E-state index in [1.807, 2.05) is 0 Å². The van der Waals surface area contributed by atoms with Gasteiger partial charge in [-0.2, -0.15) is 0 Å². The summed E-state index contributed by atoms with van der Waals surface area (Å²) in [5, 5.41) is 3.82. The van der Waals surface area contributed by atoms with Gasteiger partial charge in [-0.25, -0.2) is 0 Å². The minimum atomic E-state index is 0.675. The number of benzene rings is 1. The average molecular weight is 273 g/mol. The molecule has 0 amide bonds. The van der Waals surface area contributed by atoms with Crippen molar-refractivity contribution < 1.29 is 0 Å². The second kappa shape index (κ2) is 7.83. The summed E-state index contributed by atoms with van der Waals surface area (Å²) in [4.78, 5) is 0. The molecule has 1 heteroatoms. The number of aryl methyl sites for hydroxylation is 1. The van der Waals surface area contributed by atoms with E-state index in [1.165, 1.54) is 49.7 Å². The van der Waals surface area contributed by atoms with Gasteiger partial charge in [0.15, 0.2) is 0 Å². The molecule has 0 radical (unpaired) electrons. The second-order valence-electron chi connectivity index (χ2n) is 6.60. The Morgan fingerprint density at radius 2 is 1.90 bits per heavy atom. The largest absolute Gasteiger partial charge is 0.313 e. The maximum atomic E-state index is 3.82. The van der Waals surface area contributed by atoms with E-state index >= 15 is 0 Å². The predicted octanol–water partition coefficient (Wildman–Crippen LogP) is 4.73. The highest BCUT2D eigenvalue weighted by Gasteiger charge is 2.29. The van der Waals surface area contributed by atoms with E-state index in [-0.39, 0.29) is 0 Å². The van der Waals surface area contributed by atoms with Crippen LogP contribution in [-0.2, 0) is 6.42 Å². The average Bonchev–Trinajstić information content (AvgIpc) is 2.94. The van der Waals surface area contributed by atoms with Crippen molar-refractivity contribution in [3.8, 4) is 0 Å². The van der Waals surface area contributed by atoms with E-state index < -0.39 is 0 Å². The van der Waals surface area contributed by atoms with E-state index in [9.17, 15) is 0 Å². The quantitative estimate of drug-likeness (QED) is 0.757. The van der Waals surface area contributed by atoms with Crippen LogP contribution in [0.1, 0.15) is 57.1 Å².